The SMILES string of the molecule is CC[C@@H](C(=O)NC(C)(C)C)N(Cc1cccc(OC)c1)C(=O)CN(c1ccc(Cl)c(C(F)(F)F)c1)S(C)(=O)=O. The lowest BCUT2D eigenvalue weighted by Gasteiger charge is -2.34. The van der Waals surface area contributed by atoms with Gasteiger partial charge in [0, 0.05) is 12.1 Å². The van der Waals surface area contributed by atoms with Crippen LogP contribution in [0, 0.1) is 0 Å². The standard InChI is InChI=1S/C26H33ClF3N3O5S/c1-7-22(24(35)31-25(2,3)4)32(15-17-9-8-10-19(13-17)38-5)23(34)16-33(39(6,36)37)18-11-12-21(27)20(14-18)26(28,29)30/h8-14,22H,7,15-16H2,1-6H3,(H,31,35)/t22-/m0/s1. The van der Waals surface area contributed by atoms with Crippen molar-refractivity contribution < 1.29 is 35.9 Å². The Morgan fingerprint density at radius 2 is 1.74 bits per heavy atom. The van der Waals surface area contributed by atoms with E-state index in [1.807, 2.05) is 0 Å². The Bertz CT molecular complexity index is 1300. The van der Waals surface area contributed by atoms with Crippen LogP contribution in [-0.4, -0.2) is 56.6 Å². The van der Waals surface area contributed by atoms with Crippen molar-refractivity contribution in [2.24, 2.45) is 0 Å². The van der Waals surface area contributed by atoms with Gasteiger partial charge in [-0.2, -0.15) is 13.2 Å². The third kappa shape index (κ3) is 9.03. The van der Waals surface area contributed by atoms with Gasteiger partial charge >= 0.3 is 6.18 Å². The van der Waals surface area contributed by atoms with Crippen LogP contribution in [0.5, 0.6) is 5.75 Å². The zero-order valence-corrected chi connectivity index (χ0v) is 24.2. The first-order valence-corrected chi connectivity index (χ1v) is 14.2. The number of ether oxygens (including phenoxy) is 1. The normalized spacial score (nSPS) is 13.0. The number of amides is 2. The quantitative estimate of drug-likeness (QED) is 0.426. The van der Waals surface area contributed by atoms with Crippen molar-refractivity contribution in [3.05, 3.63) is 58.6 Å². The number of alkyl halides is 3. The first-order chi connectivity index (χ1) is 17.9. The summed E-state index contributed by atoms with van der Waals surface area (Å²) >= 11 is 5.70. The van der Waals surface area contributed by atoms with Crippen molar-refractivity contribution in [1.29, 1.82) is 0 Å². The number of anilines is 1. The Labute approximate surface area is 232 Å². The topological polar surface area (TPSA) is 96.0 Å². The monoisotopic (exact) mass is 591 g/mol. The summed E-state index contributed by atoms with van der Waals surface area (Å²) in [7, 11) is -2.76. The number of rotatable bonds is 10. The lowest BCUT2D eigenvalue weighted by Crippen LogP contribution is -2.55. The molecule has 0 fully saturated rings. The molecular formula is C26H33ClF3N3O5S. The van der Waals surface area contributed by atoms with Crippen molar-refractivity contribution in [3.8, 4) is 5.75 Å². The van der Waals surface area contributed by atoms with Gasteiger partial charge in [-0.1, -0.05) is 30.7 Å². The first-order valence-electron chi connectivity index (χ1n) is 12.0. The van der Waals surface area contributed by atoms with Gasteiger partial charge in [0.05, 0.1) is 29.6 Å². The Morgan fingerprint density at radius 1 is 1.10 bits per heavy atom. The summed E-state index contributed by atoms with van der Waals surface area (Å²) in [5, 5.41) is 2.22. The number of hydrogen-bond donors (Lipinski definition) is 1. The smallest absolute Gasteiger partial charge is 0.417 e. The molecule has 2 rings (SSSR count). The van der Waals surface area contributed by atoms with Crippen LogP contribution < -0.4 is 14.4 Å². The average Bonchev–Trinajstić information content (AvgIpc) is 2.80. The van der Waals surface area contributed by atoms with Crippen LogP contribution in [0.15, 0.2) is 42.5 Å². The molecule has 0 radical (unpaired) electrons. The van der Waals surface area contributed by atoms with Gasteiger partial charge in [0.2, 0.25) is 21.8 Å². The zero-order chi connectivity index (χ0) is 29.8. The van der Waals surface area contributed by atoms with Crippen molar-refractivity contribution in [2.45, 2.75) is 58.4 Å². The highest BCUT2D eigenvalue weighted by atomic mass is 35.5. The third-order valence-corrected chi connectivity index (χ3v) is 7.06. The van der Waals surface area contributed by atoms with Crippen molar-refractivity contribution >= 4 is 39.1 Å². The number of nitrogens with one attached hydrogen (secondary N) is 1. The summed E-state index contributed by atoms with van der Waals surface area (Å²) in [6.45, 7) is 6.09. The highest BCUT2D eigenvalue weighted by Crippen LogP contribution is 2.37. The van der Waals surface area contributed by atoms with Crippen LogP contribution in [0.4, 0.5) is 18.9 Å². The first kappa shape index (κ1) is 32.2. The largest absolute Gasteiger partial charge is 0.497 e. The minimum absolute atomic E-state index is 0.0852. The predicted molar refractivity (Wildman–Crippen MR) is 144 cm³/mol. The molecule has 0 spiro atoms. The Morgan fingerprint density at radius 3 is 2.26 bits per heavy atom. The zero-order valence-electron chi connectivity index (χ0n) is 22.6. The number of benzene rings is 2. The van der Waals surface area contributed by atoms with E-state index in [0.717, 1.165) is 18.4 Å². The van der Waals surface area contributed by atoms with E-state index in [1.54, 1.807) is 52.0 Å². The molecule has 2 amide bonds. The highest BCUT2D eigenvalue weighted by molar-refractivity contribution is 7.92. The van der Waals surface area contributed by atoms with Gasteiger partial charge in [0.1, 0.15) is 18.3 Å². The van der Waals surface area contributed by atoms with Crippen molar-refractivity contribution in [2.75, 3.05) is 24.2 Å². The summed E-state index contributed by atoms with van der Waals surface area (Å²) < 4.78 is 71.6. The molecular weight excluding hydrogens is 559 g/mol. The molecule has 0 aliphatic rings. The van der Waals surface area contributed by atoms with E-state index in [2.05, 4.69) is 5.32 Å². The maximum atomic E-state index is 13.7. The lowest BCUT2D eigenvalue weighted by atomic mass is 10.1. The van der Waals surface area contributed by atoms with Crippen molar-refractivity contribution in [3.63, 3.8) is 0 Å². The summed E-state index contributed by atoms with van der Waals surface area (Å²) in [5.41, 5.74) is -1.66. The molecule has 1 N–H and O–H groups in total. The molecule has 0 aromatic heterocycles. The fourth-order valence-corrected chi connectivity index (χ4v) is 4.91. The number of carbonyl (C=O) groups excluding carboxylic acids is 2. The highest BCUT2D eigenvalue weighted by Gasteiger charge is 2.36. The molecule has 0 aliphatic heterocycles. The maximum absolute atomic E-state index is 13.7. The fraction of sp³-hybridized carbons (Fsp3) is 0.462. The molecule has 1 atom stereocenters. The molecule has 8 nitrogen and oxygen atoms in total. The van der Waals surface area contributed by atoms with E-state index >= 15 is 0 Å². The number of sulfonamides is 1. The van der Waals surface area contributed by atoms with Gasteiger partial charge in [-0.25, -0.2) is 8.42 Å². The van der Waals surface area contributed by atoms with Gasteiger partial charge in [0.15, 0.2) is 0 Å². The predicted octanol–water partition coefficient (Wildman–Crippen LogP) is 4.86. The minimum atomic E-state index is -4.85. The van der Waals surface area contributed by atoms with E-state index in [0.29, 0.717) is 21.7 Å². The van der Waals surface area contributed by atoms with Crippen LogP contribution in [0.1, 0.15) is 45.2 Å². The molecule has 0 heterocycles. The molecule has 39 heavy (non-hydrogen) atoms. The number of methoxy groups -OCH3 is 1. The Balaban J connectivity index is 2.56. The van der Waals surface area contributed by atoms with Crippen LogP contribution in [-0.2, 0) is 32.3 Å². The lowest BCUT2D eigenvalue weighted by molar-refractivity contribution is -0.141. The molecule has 2 aromatic carbocycles. The van der Waals surface area contributed by atoms with Crippen molar-refractivity contribution in [1.82, 2.24) is 10.2 Å². The molecule has 0 aliphatic carbocycles. The molecule has 0 unspecified atom stereocenters. The Kier molecular flexibility index (Phi) is 10.3. The van der Waals surface area contributed by atoms with Crippen LogP contribution in [0.3, 0.4) is 0 Å². The molecule has 0 bridgehead atoms. The van der Waals surface area contributed by atoms with E-state index in [-0.39, 0.29) is 13.0 Å². The summed E-state index contributed by atoms with van der Waals surface area (Å²) in [5.74, 6) is -0.744. The van der Waals surface area contributed by atoms with E-state index < -0.39 is 62.4 Å². The third-order valence-electron chi connectivity index (χ3n) is 5.59. The second kappa shape index (κ2) is 12.5. The van der Waals surface area contributed by atoms with E-state index in [4.69, 9.17) is 16.3 Å². The van der Waals surface area contributed by atoms with Gasteiger partial charge < -0.3 is 15.0 Å². The number of carbonyl (C=O) groups is 2. The summed E-state index contributed by atoms with van der Waals surface area (Å²) in [4.78, 5) is 28.1. The van der Waals surface area contributed by atoms with Gasteiger partial charge in [0.25, 0.3) is 0 Å². The number of halogens is 4. The van der Waals surface area contributed by atoms with Crippen LogP contribution in [0.25, 0.3) is 0 Å². The molecule has 2 aromatic rings. The van der Waals surface area contributed by atoms with Gasteiger partial charge in [-0.3, -0.25) is 13.9 Å². The maximum Gasteiger partial charge on any atom is 0.417 e. The van der Waals surface area contributed by atoms with E-state index in [9.17, 15) is 31.2 Å². The molecule has 216 valence electrons. The Hall–Kier alpha value is -2.99. The van der Waals surface area contributed by atoms with Crippen LogP contribution in [0.2, 0.25) is 5.02 Å². The second-order valence-corrected chi connectivity index (χ2v) is 12.3. The molecule has 0 saturated heterocycles. The summed E-state index contributed by atoms with van der Waals surface area (Å²) in [6.07, 6.45) is -3.88. The molecule has 0 saturated carbocycles. The number of hydrogen-bond acceptors (Lipinski definition) is 5. The van der Waals surface area contributed by atoms with Gasteiger partial charge in [-0.15, -0.1) is 0 Å². The number of nitrogens with zero attached hydrogens (tertiary/aromatic N) is 2. The molecule has 13 heteroatoms. The van der Waals surface area contributed by atoms with Gasteiger partial charge in [-0.05, 0) is 63.1 Å². The average molecular weight is 592 g/mol. The minimum Gasteiger partial charge on any atom is -0.497 e. The summed E-state index contributed by atoms with van der Waals surface area (Å²) in [6, 6.07) is 8.35. The second-order valence-electron chi connectivity index (χ2n) is 9.97. The van der Waals surface area contributed by atoms with E-state index in [1.165, 1.54) is 12.0 Å². The fourth-order valence-electron chi connectivity index (χ4n) is 3.84. The van der Waals surface area contributed by atoms with Crippen LogP contribution >= 0.6 is 11.6 Å².